The molecular formula is C11H14N2O4S. The van der Waals surface area contributed by atoms with Gasteiger partial charge in [0, 0.05) is 11.3 Å². The van der Waals surface area contributed by atoms with Crippen molar-refractivity contribution in [2.75, 3.05) is 5.75 Å². The molecule has 18 heavy (non-hydrogen) atoms. The Morgan fingerprint density at radius 1 is 1.61 bits per heavy atom. The van der Waals surface area contributed by atoms with Gasteiger partial charge in [0.15, 0.2) is 0 Å². The fourth-order valence-corrected chi connectivity index (χ4v) is 1.45. The van der Waals surface area contributed by atoms with Gasteiger partial charge in [0.1, 0.15) is 11.8 Å². The summed E-state index contributed by atoms with van der Waals surface area (Å²) in [5.74, 6) is -0.540. The molecule has 0 aromatic carbocycles. The summed E-state index contributed by atoms with van der Waals surface area (Å²) in [5.41, 5.74) is 1.84. The highest BCUT2D eigenvalue weighted by Gasteiger charge is 2.19. The number of hydroxylamine groups is 1. The molecule has 0 radical (unpaired) electrons. The van der Waals surface area contributed by atoms with Crippen LogP contribution in [0, 0.1) is 0 Å². The summed E-state index contributed by atoms with van der Waals surface area (Å²) >= 11 is 3.92. The van der Waals surface area contributed by atoms with E-state index in [1.165, 1.54) is 11.7 Å². The molecule has 1 aromatic heterocycles. The zero-order chi connectivity index (χ0) is 13.5. The van der Waals surface area contributed by atoms with E-state index in [0.29, 0.717) is 11.3 Å². The molecule has 6 nitrogen and oxygen atoms in total. The van der Waals surface area contributed by atoms with Gasteiger partial charge in [-0.2, -0.15) is 12.6 Å². The molecule has 1 rings (SSSR count). The molecular weight excluding hydrogens is 256 g/mol. The standard InChI is InChI=1S/C11H14N2O4S/c1-7(5-8-3-2-4-17-8)10(14)12-9(6-18)11(15)13-16/h2-5,9,16,18H,6H2,1H3,(H,12,14)(H,13,15)/b7-5+. The number of rotatable bonds is 5. The Morgan fingerprint density at radius 2 is 2.33 bits per heavy atom. The molecule has 0 saturated carbocycles. The molecule has 0 aliphatic carbocycles. The van der Waals surface area contributed by atoms with Crippen LogP contribution in [-0.4, -0.2) is 28.8 Å². The maximum absolute atomic E-state index is 11.7. The van der Waals surface area contributed by atoms with Gasteiger partial charge in [-0.15, -0.1) is 0 Å². The van der Waals surface area contributed by atoms with E-state index in [0.717, 1.165) is 0 Å². The van der Waals surface area contributed by atoms with E-state index in [2.05, 4.69) is 17.9 Å². The maximum atomic E-state index is 11.7. The van der Waals surface area contributed by atoms with Crippen molar-refractivity contribution in [3.63, 3.8) is 0 Å². The predicted octanol–water partition coefficient (Wildman–Crippen LogP) is 0.603. The number of nitrogens with one attached hydrogen (secondary N) is 2. The topological polar surface area (TPSA) is 91.6 Å². The monoisotopic (exact) mass is 270 g/mol. The summed E-state index contributed by atoms with van der Waals surface area (Å²) in [6, 6.07) is 2.51. The summed E-state index contributed by atoms with van der Waals surface area (Å²) in [4.78, 5) is 22.9. The Balaban J connectivity index is 2.67. The second-order valence-electron chi connectivity index (χ2n) is 3.53. The van der Waals surface area contributed by atoms with Crippen molar-refractivity contribution in [1.82, 2.24) is 10.8 Å². The number of hydrogen-bond acceptors (Lipinski definition) is 5. The summed E-state index contributed by atoms with van der Waals surface area (Å²) in [7, 11) is 0. The predicted molar refractivity (Wildman–Crippen MR) is 68.1 cm³/mol. The SMILES string of the molecule is C/C(=C\c1ccco1)C(=O)NC(CS)C(=O)NO. The van der Waals surface area contributed by atoms with Crippen LogP contribution in [0.15, 0.2) is 28.4 Å². The lowest BCUT2D eigenvalue weighted by molar-refractivity contribution is -0.133. The van der Waals surface area contributed by atoms with Crippen LogP contribution in [-0.2, 0) is 9.59 Å². The molecule has 7 heteroatoms. The minimum absolute atomic E-state index is 0.0756. The minimum atomic E-state index is -0.897. The largest absolute Gasteiger partial charge is 0.465 e. The zero-order valence-corrected chi connectivity index (χ0v) is 10.6. The first-order valence-corrected chi connectivity index (χ1v) is 5.79. The molecule has 2 amide bonds. The van der Waals surface area contributed by atoms with Crippen LogP contribution in [0.1, 0.15) is 12.7 Å². The number of hydrogen-bond donors (Lipinski definition) is 4. The first kappa shape index (κ1) is 14.3. The Labute approximate surface area is 109 Å². The second-order valence-corrected chi connectivity index (χ2v) is 3.89. The van der Waals surface area contributed by atoms with E-state index in [1.54, 1.807) is 25.1 Å². The number of furan rings is 1. The van der Waals surface area contributed by atoms with Crippen molar-refractivity contribution in [2.45, 2.75) is 13.0 Å². The molecule has 0 aliphatic rings. The van der Waals surface area contributed by atoms with E-state index >= 15 is 0 Å². The van der Waals surface area contributed by atoms with Crippen LogP contribution in [0.3, 0.4) is 0 Å². The van der Waals surface area contributed by atoms with E-state index in [9.17, 15) is 9.59 Å². The van der Waals surface area contributed by atoms with Crippen LogP contribution in [0.5, 0.6) is 0 Å². The van der Waals surface area contributed by atoms with Crippen molar-refractivity contribution >= 4 is 30.5 Å². The highest BCUT2D eigenvalue weighted by molar-refractivity contribution is 7.80. The molecule has 3 N–H and O–H groups in total. The Bertz CT molecular complexity index is 442. The molecule has 0 spiro atoms. The van der Waals surface area contributed by atoms with Gasteiger partial charge in [-0.25, -0.2) is 5.48 Å². The normalized spacial score (nSPS) is 12.9. The number of carbonyl (C=O) groups is 2. The van der Waals surface area contributed by atoms with E-state index < -0.39 is 17.9 Å². The molecule has 1 aromatic rings. The van der Waals surface area contributed by atoms with Gasteiger partial charge in [0.05, 0.1) is 6.26 Å². The van der Waals surface area contributed by atoms with Crippen molar-refractivity contribution in [2.24, 2.45) is 0 Å². The van der Waals surface area contributed by atoms with Crippen LogP contribution in [0.2, 0.25) is 0 Å². The van der Waals surface area contributed by atoms with Crippen LogP contribution < -0.4 is 10.8 Å². The third kappa shape index (κ3) is 3.94. The average Bonchev–Trinajstić information content (AvgIpc) is 2.87. The first-order valence-electron chi connectivity index (χ1n) is 5.16. The fourth-order valence-electron chi connectivity index (χ4n) is 1.20. The lowest BCUT2D eigenvalue weighted by Gasteiger charge is -2.14. The van der Waals surface area contributed by atoms with E-state index in [4.69, 9.17) is 9.62 Å². The first-order chi connectivity index (χ1) is 8.58. The third-order valence-corrected chi connectivity index (χ3v) is 2.54. The zero-order valence-electron chi connectivity index (χ0n) is 9.71. The highest BCUT2D eigenvalue weighted by Crippen LogP contribution is 2.07. The van der Waals surface area contributed by atoms with Gasteiger partial charge in [0.25, 0.3) is 5.91 Å². The molecule has 0 saturated heterocycles. The van der Waals surface area contributed by atoms with E-state index in [1.807, 2.05) is 0 Å². The number of thiol groups is 1. The fraction of sp³-hybridized carbons (Fsp3) is 0.273. The van der Waals surface area contributed by atoms with Crippen LogP contribution in [0.25, 0.3) is 6.08 Å². The summed E-state index contributed by atoms with van der Waals surface area (Å²) in [6.45, 7) is 1.59. The lowest BCUT2D eigenvalue weighted by atomic mass is 10.2. The summed E-state index contributed by atoms with van der Waals surface area (Å²) < 4.78 is 5.06. The minimum Gasteiger partial charge on any atom is -0.465 e. The Morgan fingerprint density at radius 3 is 2.83 bits per heavy atom. The average molecular weight is 270 g/mol. The van der Waals surface area contributed by atoms with Crippen molar-refractivity contribution < 1.29 is 19.2 Å². The lowest BCUT2D eigenvalue weighted by Crippen LogP contribution is -2.47. The van der Waals surface area contributed by atoms with Crippen molar-refractivity contribution in [3.05, 3.63) is 29.7 Å². The molecule has 0 aliphatic heterocycles. The number of carbonyl (C=O) groups excluding carboxylic acids is 2. The quantitative estimate of drug-likeness (QED) is 0.273. The van der Waals surface area contributed by atoms with Gasteiger partial charge in [-0.3, -0.25) is 14.8 Å². The maximum Gasteiger partial charge on any atom is 0.266 e. The smallest absolute Gasteiger partial charge is 0.266 e. The molecule has 1 atom stereocenters. The Kier molecular flexibility index (Phi) is 5.47. The summed E-state index contributed by atoms with van der Waals surface area (Å²) in [5, 5.41) is 10.9. The van der Waals surface area contributed by atoms with Gasteiger partial charge < -0.3 is 9.73 Å². The van der Waals surface area contributed by atoms with Gasteiger partial charge >= 0.3 is 0 Å². The van der Waals surface area contributed by atoms with E-state index in [-0.39, 0.29) is 5.75 Å². The highest BCUT2D eigenvalue weighted by atomic mass is 32.1. The van der Waals surface area contributed by atoms with Crippen LogP contribution in [0.4, 0.5) is 0 Å². The Hall–Kier alpha value is -1.73. The summed E-state index contributed by atoms with van der Waals surface area (Å²) in [6.07, 6.45) is 3.04. The third-order valence-electron chi connectivity index (χ3n) is 2.17. The molecule has 1 unspecified atom stereocenters. The molecule has 0 bridgehead atoms. The van der Waals surface area contributed by atoms with Gasteiger partial charge in [0.2, 0.25) is 5.91 Å². The second kappa shape index (κ2) is 6.87. The van der Waals surface area contributed by atoms with Crippen molar-refractivity contribution in [3.8, 4) is 0 Å². The molecule has 98 valence electrons. The molecule has 0 fully saturated rings. The molecule has 1 heterocycles. The van der Waals surface area contributed by atoms with Gasteiger partial charge in [-0.05, 0) is 25.1 Å². The van der Waals surface area contributed by atoms with Crippen molar-refractivity contribution in [1.29, 1.82) is 0 Å². The van der Waals surface area contributed by atoms with Gasteiger partial charge in [-0.1, -0.05) is 0 Å². The number of amides is 2. The van der Waals surface area contributed by atoms with Crippen LogP contribution >= 0.6 is 12.6 Å².